The molecule has 0 radical (unpaired) electrons. The Morgan fingerprint density at radius 1 is 1.26 bits per heavy atom. The molecule has 1 atom stereocenters. The second-order valence-electron chi connectivity index (χ2n) is 5.31. The summed E-state index contributed by atoms with van der Waals surface area (Å²) in [6, 6.07) is 12.1. The molecule has 23 heavy (non-hydrogen) atoms. The average Bonchev–Trinajstić information content (AvgIpc) is 2.68. The molecule has 4 nitrogen and oxygen atoms in total. The number of hydrogen-bond acceptors (Lipinski definition) is 4. The number of nitrogens with two attached hydrogens (primary N) is 1. The van der Waals surface area contributed by atoms with Gasteiger partial charge in [-0.25, -0.2) is 0 Å². The van der Waals surface area contributed by atoms with Crippen molar-refractivity contribution < 1.29 is 9.59 Å². The first-order valence-electron chi connectivity index (χ1n) is 7.12. The fourth-order valence-electron chi connectivity index (χ4n) is 2.45. The molecule has 0 saturated heterocycles. The van der Waals surface area contributed by atoms with Crippen molar-refractivity contribution in [2.45, 2.75) is 17.5 Å². The number of rotatable bonds is 3. The monoisotopic (exact) mass is 346 g/mol. The fraction of sp³-hybridized carbons (Fsp3) is 0.176. The second kappa shape index (κ2) is 6.74. The predicted molar refractivity (Wildman–Crippen MR) is 93.2 cm³/mol. The van der Waals surface area contributed by atoms with E-state index in [2.05, 4.69) is 0 Å². The second-order valence-corrected chi connectivity index (χ2v) is 6.81. The van der Waals surface area contributed by atoms with E-state index in [1.165, 1.54) is 11.8 Å². The van der Waals surface area contributed by atoms with Crippen LogP contribution in [0.4, 0.5) is 5.69 Å². The number of anilines is 1. The van der Waals surface area contributed by atoms with Crippen LogP contribution in [0.3, 0.4) is 0 Å². The van der Waals surface area contributed by atoms with Gasteiger partial charge in [-0.05, 0) is 29.8 Å². The first-order chi connectivity index (χ1) is 11.1. The molecule has 2 aromatic carbocycles. The van der Waals surface area contributed by atoms with Crippen molar-refractivity contribution in [2.24, 2.45) is 5.73 Å². The molecule has 1 amide bonds. The first kappa shape index (κ1) is 16.1. The molecule has 0 fully saturated rings. The van der Waals surface area contributed by atoms with Crippen LogP contribution in [0.25, 0.3) is 0 Å². The maximum absolute atomic E-state index is 12.7. The lowest BCUT2D eigenvalue weighted by molar-refractivity contribution is -0.119. The SMILES string of the molecule is N[C@H]1CSc2ccc(C=O)cc2N(Cc2ccc(Cl)cc2)C1=O. The normalized spacial score (nSPS) is 17.6. The largest absolute Gasteiger partial charge is 0.319 e. The highest BCUT2D eigenvalue weighted by Gasteiger charge is 2.28. The van der Waals surface area contributed by atoms with E-state index in [-0.39, 0.29) is 5.91 Å². The van der Waals surface area contributed by atoms with Gasteiger partial charge in [-0.15, -0.1) is 11.8 Å². The Hall–Kier alpha value is -1.82. The number of hydrogen-bond donors (Lipinski definition) is 1. The summed E-state index contributed by atoms with van der Waals surface area (Å²) in [5.74, 6) is 0.373. The van der Waals surface area contributed by atoms with Gasteiger partial charge in [0, 0.05) is 21.2 Å². The summed E-state index contributed by atoms with van der Waals surface area (Å²) < 4.78 is 0. The highest BCUT2D eigenvalue weighted by molar-refractivity contribution is 7.99. The van der Waals surface area contributed by atoms with E-state index >= 15 is 0 Å². The van der Waals surface area contributed by atoms with Crippen molar-refractivity contribution in [1.29, 1.82) is 0 Å². The van der Waals surface area contributed by atoms with Crippen molar-refractivity contribution in [3.8, 4) is 0 Å². The molecule has 2 N–H and O–H groups in total. The van der Waals surface area contributed by atoms with Gasteiger partial charge in [0.05, 0.1) is 18.3 Å². The molecule has 0 saturated carbocycles. The summed E-state index contributed by atoms with van der Waals surface area (Å²) in [6.07, 6.45) is 0.778. The van der Waals surface area contributed by atoms with Gasteiger partial charge in [0.2, 0.25) is 5.91 Å². The summed E-state index contributed by atoms with van der Waals surface area (Å²) in [5, 5.41) is 0.645. The molecule has 6 heteroatoms. The van der Waals surface area contributed by atoms with E-state index in [0.29, 0.717) is 22.9 Å². The molecule has 0 bridgehead atoms. The lowest BCUT2D eigenvalue weighted by Crippen LogP contribution is -2.44. The Balaban J connectivity index is 2.02. The van der Waals surface area contributed by atoms with Gasteiger partial charge in [-0.2, -0.15) is 0 Å². The quantitative estimate of drug-likeness (QED) is 0.867. The molecule has 1 aliphatic heterocycles. The zero-order chi connectivity index (χ0) is 16.4. The Bertz CT molecular complexity index is 749. The molecule has 3 rings (SSSR count). The zero-order valence-electron chi connectivity index (χ0n) is 12.2. The lowest BCUT2D eigenvalue weighted by atomic mass is 10.1. The molecule has 2 aromatic rings. The molecule has 0 spiro atoms. The van der Waals surface area contributed by atoms with Crippen molar-refractivity contribution in [3.63, 3.8) is 0 Å². The van der Waals surface area contributed by atoms with Crippen molar-refractivity contribution >= 4 is 41.2 Å². The van der Waals surface area contributed by atoms with E-state index in [4.69, 9.17) is 17.3 Å². The Morgan fingerprint density at radius 3 is 2.70 bits per heavy atom. The minimum absolute atomic E-state index is 0.144. The number of amides is 1. The standard InChI is InChI=1S/C17H15ClN2O2S/c18-13-4-1-11(2-5-13)8-20-15-7-12(9-21)3-6-16(15)23-10-14(19)17(20)22/h1-7,9,14H,8,10,19H2/t14-/m0/s1. The van der Waals surface area contributed by atoms with E-state index < -0.39 is 6.04 Å². The molecule has 0 unspecified atom stereocenters. The maximum atomic E-state index is 12.7. The number of halogens is 1. The van der Waals surface area contributed by atoms with Gasteiger partial charge in [-0.3, -0.25) is 9.59 Å². The van der Waals surface area contributed by atoms with Crippen molar-refractivity contribution in [2.75, 3.05) is 10.7 Å². The van der Waals surface area contributed by atoms with Gasteiger partial charge in [0.1, 0.15) is 6.29 Å². The number of carbonyl (C=O) groups is 2. The third kappa shape index (κ3) is 3.42. The maximum Gasteiger partial charge on any atom is 0.245 e. The van der Waals surface area contributed by atoms with Crippen LogP contribution in [0.2, 0.25) is 5.02 Å². The van der Waals surface area contributed by atoms with Gasteiger partial charge in [0.25, 0.3) is 0 Å². The fourth-order valence-corrected chi connectivity index (χ4v) is 3.55. The number of thioether (sulfide) groups is 1. The zero-order valence-corrected chi connectivity index (χ0v) is 13.8. The van der Waals surface area contributed by atoms with Gasteiger partial charge in [0.15, 0.2) is 0 Å². The minimum Gasteiger partial charge on any atom is -0.319 e. The lowest BCUT2D eigenvalue weighted by Gasteiger charge is -2.24. The average molecular weight is 347 g/mol. The van der Waals surface area contributed by atoms with Crippen molar-refractivity contribution in [3.05, 3.63) is 58.6 Å². The van der Waals surface area contributed by atoms with Crippen LogP contribution in [0.1, 0.15) is 15.9 Å². The molecular formula is C17H15ClN2O2S. The van der Waals surface area contributed by atoms with Crippen LogP contribution < -0.4 is 10.6 Å². The Labute approximate surface area is 143 Å². The van der Waals surface area contributed by atoms with Crippen LogP contribution >= 0.6 is 23.4 Å². The number of nitrogens with zero attached hydrogens (tertiary/aromatic N) is 1. The summed E-state index contributed by atoms with van der Waals surface area (Å²) in [6.45, 7) is 0.388. The summed E-state index contributed by atoms with van der Waals surface area (Å²) in [4.78, 5) is 26.3. The topological polar surface area (TPSA) is 63.4 Å². The minimum atomic E-state index is -0.570. The molecular weight excluding hydrogens is 332 g/mol. The first-order valence-corrected chi connectivity index (χ1v) is 8.48. The van der Waals surface area contributed by atoms with E-state index in [1.807, 2.05) is 18.2 Å². The van der Waals surface area contributed by atoms with E-state index in [0.717, 1.165) is 22.4 Å². The van der Waals surface area contributed by atoms with Crippen LogP contribution in [-0.4, -0.2) is 24.0 Å². The number of benzene rings is 2. The Morgan fingerprint density at radius 2 is 2.00 bits per heavy atom. The van der Waals surface area contributed by atoms with Crippen LogP contribution in [-0.2, 0) is 11.3 Å². The number of fused-ring (bicyclic) bond motifs is 1. The highest BCUT2D eigenvalue weighted by Crippen LogP contribution is 2.35. The summed E-state index contributed by atoms with van der Waals surface area (Å²) in [5.41, 5.74) is 8.21. The van der Waals surface area contributed by atoms with E-state index in [1.54, 1.807) is 29.2 Å². The Kier molecular flexibility index (Phi) is 4.71. The van der Waals surface area contributed by atoms with Gasteiger partial charge in [-0.1, -0.05) is 29.8 Å². The highest BCUT2D eigenvalue weighted by atomic mass is 35.5. The number of aldehydes is 1. The third-order valence-corrected chi connectivity index (χ3v) is 5.10. The van der Waals surface area contributed by atoms with Crippen molar-refractivity contribution in [1.82, 2.24) is 0 Å². The van der Waals surface area contributed by atoms with Gasteiger partial charge < -0.3 is 10.6 Å². The molecule has 1 heterocycles. The van der Waals surface area contributed by atoms with Crippen LogP contribution in [0, 0.1) is 0 Å². The molecule has 0 aromatic heterocycles. The predicted octanol–water partition coefficient (Wildman–Crippen LogP) is 3.12. The summed E-state index contributed by atoms with van der Waals surface area (Å²) >= 11 is 7.44. The van der Waals surface area contributed by atoms with E-state index in [9.17, 15) is 9.59 Å². The van der Waals surface area contributed by atoms with Crippen LogP contribution in [0.5, 0.6) is 0 Å². The number of carbonyl (C=O) groups excluding carboxylic acids is 2. The summed E-state index contributed by atoms with van der Waals surface area (Å²) in [7, 11) is 0. The molecule has 0 aliphatic carbocycles. The molecule has 118 valence electrons. The molecule has 1 aliphatic rings. The van der Waals surface area contributed by atoms with Gasteiger partial charge >= 0.3 is 0 Å². The third-order valence-electron chi connectivity index (χ3n) is 3.67. The smallest absolute Gasteiger partial charge is 0.245 e. The van der Waals surface area contributed by atoms with Crippen LogP contribution in [0.15, 0.2) is 47.4 Å².